The van der Waals surface area contributed by atoms with E-state index in [1.165, 1.54) is 0 Å². The molecule has 0 saturated heterocycles. The summed E-state index contributed by atoms with van der Waals surface area (Å²) in [5.74, 6) is 0.556. The van der Waals surface area contributed by atoms with E-state index in [-0.39, 0.29) is 5.28 Å². The molecule has 0 aliphatic heterocycles. The Morgan fingerprint density at radius 2 is 2.21 bits per heavy atom. The summed E-state index contributed by atoms with van der Waals surface area (Å²) in [6, 6.07) is 0. The molecule has 2 rings (SSSR count). The fourth-order valence-corrected chi connectivity index (χ4v) is 1.32. The topological polar surface area (TPSA) is 69.6 Å². The molecule has 0 radical (unpaired) electrons. The van der Waals surface area contributed by atoms with Crippen LogP contribution in [-0.2, 0) is 0 Å². The summed E-state index contributed by atoms with van der Waals surface area (Å²) in [5.41, 5.74) is 6.98. The quantitative estimate of drug-likeness (QED) is 0.717. The number of rotatable bonds is 1. The van der Waals surface area contributed by atoms with Crippen molar-refractivity contribution in [3.05, 3.63) is 29.7 Å². The van der Waals surface area contributed by atoms with Gasteiger partial charge in [0.05, 0.1) is 11.4 Å². The van der Waals surface area contributed by atoms with Gasteiger partial charge in [-0.15, -0.1) is 0 Å². The second-order valence-electron chi connectivity index (χ2n) is 2.79. The Morgan fingerprint density at radius 1 is 1.43 bits per heavy atom. The van der Waals surface area contributed by atoms with E-state index in [0.717, 1.165) is 0 Å². The lowest BCUT2D eigenvalue weighted by Gasteiger charge is -2.07. The summed E-state index contributed by atoms with van der Waals surface area (Å²) in [5, 5.41) is 0.181. The normalized spacial score (nSPS) is 10.4. The van der Waals surface area contributed by atoms with Crippen molar-refractivity contribution in [2.24, 2.45) is 0 Å². The molecule has 14 heavy (non-hydrogen) atoms. The zero-order chi connectivity index (χ0) is 10.1. The molecule has 6 heteroatoms. The molecule has 5 nitrogen and oxygen atoms in total. The molecule has 0 amide bonds. The largest absolute Gasteiger partial charge is 0.394 e. The Morgan fingerprint density at radius 3 is 2.86 bits per heavy atom. The Bertz CT molecular complexity index is 451. The summed E-state index contributed by atoms with van der Waals surface area (Å²) in [6.45, 7) is 1.78. The van der Waals surface area contributed by atoms with Crippen molar-refractivity contribution in [3.63, 3.8) is 0 Å². The third-order valence-electron chi connectivity index (χ3n) is 1.84. The number of halogens is 1. The van der Waals surface area contributed by atoms with Crippen LogP contribution < -0.4 is 5.73 Å². The van der Waals surface area contributed by atoms with Crippen LogP contribution in [0.4, 0.5) is 5.69 Å². The molecule has 0 spiro atoms. The average molecular weight is 210 g/mol. The first-order valence-electron chi connectivity index (χ1n) is 3.96. The van der Waals surface area contributed by atoms with Gasteiger partial charge in [0.15, 0.2) is 5.82 Å². The molecule has 0 unspecified atom stereocenters. The van der Waals surface area contributed by atoms with Gasteiger partial charge in [-0.05, 0) is 18.5 Å². The lowest BCUT2D eigenvalue weighted by Crippen LogP contribution is -2.05. The second-order valence-corrected chi connectivity index (χ2v) is 3.12. The summed E-state index contributed by atoms with van der Waals surface area (Å²) in [4.78, 5) is 11.9. The van der Waals surface area contributed by atoms with Crippen LogP contribution in [0, 0.1) is 6.92 Å². The molecule has 0 aliphatic rings. The third-order valence-corrected chi connectivity index (χ3v) is 2.01. The fraction of sp³-hybridized carbons (Fsp3) is 0.125. The Labute approximate surface area is 85.6 Å². The number of nitrogens with two attached hydrogens (primary N) is 1. The van der Waals surface area contributed by atoms with E-state index in [9.17, 15) is 0 Å². The number of aryl methyl sites for hydroxylation is 1. The Balaban J connectivity index is 2.64. The molecule has 0 saturated carbocycles. The minimum absolute atomic E-state index is 0.181. The highest BCUT2D eigenvalue weighted by atomic mass is 35.5. The van der Waals surface area contributed by atoms with Crippen LogP contribution in [0.3, 0.4) is 0 Å². The van der Waals surface area contributed by atoms with Gasteiger partial charge in [-0.3, -0.25) is 4.57 Å². The summed E-state index contributed by atoms with van der Waals surface area (Å²) < 4.78 is 1.69. The molecular weight excluding hydrogens is 202 g/mol. The van der Waals surface area contributed by atoms with E-state index in [4.69, 9.17) is 17.3 Å². The Kier molecular flexibility index (Phi) is 2.09. The van der Waals surface area contributed by atoms with E-state index in [0.29, 0.717) is 17.2 Å². The van der Waals surface area contributed by atoms with Gasteiger partial charge in [0.25, 0.3) is 0 Å². The number of imidazole rings is 1. The maximum Gasteiger partial charge on any atom is 0.224 e. The molecule has 2 aromatic rings. The van der Waals surface area contributed by atoms with Gasteiger partial charge in [-0.25, -0.2) is 9.97 Å². The Hall–Kier alpha value is -1.62. The van der Waals surface area contributed by atoms with Crippen molar-refractivity contribution in [2.75, 3.05) is 5.73 Å². The van der Waals surface area contributed by atoms with E-state index < -0.39 is 0 Å². The smallest absolute Gasteiger partial charge is 0.224 e. The van der Waals surface area contributed by atoms with Gasteiger partial charge in [-0.1, -0.05) is 0 Å². The maximum absolute atomic E-state index is 5.81. The zero-order valence-corrected chi connectivity index (χ0v) is 8.23. The van der Waals surface area contributed by atoms with Crippen LogP contribution in [0.5, 0.6) is 0 Å². The van der Waals surface area contributed by atoms with Crippen LogP contribution in [0.1, 0.15) is 5.69 Å². The lowest BCUT2D eigenvalue weighted by molar-refractivity contribution is 0.962. The van der Waals surface area contributed by atoms with Crippen LogP contribution in [0.25, 0.3) is 5.82 Å². The fourth-order valence-electron chi connectivity index (χ4n) is 1.11. The highest BCUT2D eigenvalue weighted by Crippen LogP contribution is 2.18. The van der Waals surface area contributed by atoms with Gasteiger partial charge in [0.2, 0.25) is 5.28 Å². The number of hydrogen-bond donors (Lipinski definition) is 1. The molecule has 0 aromatic carbocycles. The van der Waals surface area contributed by atoms with E-state index in [1.807, 2.05) is 0 Å². The number of hydrogen-bond acceptors (Lipinski definition) is 4. The summed E-state index contributed by atoms with van der Waals surface area (Å²) in [7, 11) is 0. The molecule has 2 heterocycles. The molecule has 0 fully saturated rings. The van der Waals surface area contributed by atoms with Crippen molar-refractivity contribution in [1.82, 2.24) is 19.5 Å². The molecule has 2 aromatic heterocycles. The number of anilines is 1. The highest BCUT2D eigenvalue weighted by Gasteiger charge is 2.08. The first-order valence-corrected chi connectivity index (χ1v) is 4.34. The lowest BCUT2D eigenvalue weighted by atomic mass is 10.3. The molecule has 0 atom stereocenters. The van der Waals surface area contributed by atoms with Crippen LogP contribution in [0.2, 0.25) is 5.28 Å². The van der Waals surface area contributed by atoms with Crippen molar-refractivity contribution < 1.29 is 0 Å². The van der Waals surface area contributed by atoms with Gasteiger partial charge in [0.1, 0.15) is 6.33 Å². The monoisotopic (exact) mass is 209 g/mol. The standard InChI is InChI=1S/C8H8ClN5/c1-5-6(10)7(13-8(9)12-5)14-3-2-11-4-14/h2-4H,10H2,1H3. The van der Waals surface area contributed by atoms with Gasteiger partial charge < -0.3 is 5.73 Å². The SMILES string of the molecule is Cc1nc(Cl)nc(-n2ccnc2)c1N. The van der Waals surface area contributed by atoms with Gasteiger partial charge in [0, 0.05) is 12.4 Å². The maximum atomic E-state index is 5.81. The van der Waals surface area contributed by atoms with E-state index >= 15 is 0 Å². The molecule has 2 N–H and O–H groups in total. The predicted molar refractivity (Wildman–Crippen MR) is 53.3 cm³/mol. The average Bonchev–Trinajstić information content (AvgIpc) is 2.63. The second kappa shape index (κ2) is 3.26. The first-order chi connectivity index (χ1) is 6.68. The summed E-state index contributed by atoms with van der Waals surface area (Å²) in [6.07, 6.45) is 4.99. The van der Waals surface area contributed by atoms with Crippen LogP contribution in [-0.4, -0.2) is 19.5 Å². The number of nitrogens with zero attached hydrogens (tertiary/aromatic N) is 4. The number of aromatic nitrogens is 4. The molecule has 0 aliphatic carbocycles. The summed E-state index contributed by atoms with van der Waals surface area (Å²) >= 11 is 5.73. The molecule has 72 valence electrons. The van der Waals surface area contributed by atoms with Crippen molar-refractivity contribution in [1.29, 1.82) is 0 Å². The minimum atomic E-state index is 0.181. The van der Waals surface area contributed by atoms with Crippen molar-refractivity contribution >= 4 is 17.3 Å². The first kappa shape index (κ1) is 8.96. The number of nitrogen functional groups attached to an aromatic ring is 1. The van der Waals surface area contributed by atoms with Crippen LogP contribution >= 0.6 is 11.6 Å². The predicted octanol–water partition coefficient (Wildman–Crippen LogP) is 1.21. The highest BCUT2D eigenvalue weighted by molar-refractivity contribution is 6.28. The molecular formula is C8H8ClN5. The van der Waals surface area contributed by atoms with Crippen molar-refractivity contribution in [3.8, 4) is 5.82 Å². The van der Waals surface area contributed by atoms with Gasteiger partial charge >= 0.3 is 0 Å². The van der Waals surface area contributed by atoms with E-state index in [2.05, 4.69) is 15.0 Å². The van der Waals surface area contributed by atoms with Gasteiger partial charge in [-0.2, -0.15) is 4.98 Å². The molecule has 0 bridgehead atoms. The van der Waals surface area contributed by atoms with E-state index in [1.54, 1.807) is 30.2 Å². The third kappa shape index (κ3) is 1.42. The van der Waals surface area contributed by atoms with Crippen molar-refractivity contribution in [2.45, 2.75) is 6.92 Å². The zero-order valence-electron chi connectivity index (χ0n) is 7.48. The van der Waals surface area contributed by atoms with Crippen LogP contribution in [0.15, 0.2) is 18.7 Å². The minimum Gasteiger partial charge on any atom is -0.394 e.